The summed E-state index contributed by atoms with van der Waals surface area (Å²) in [5, 5.41) is 8.83. The third kappa shape index (κ3) is 3.72. The van der Waals surface area contributed by atoms with Gasteiger partial charge in [-0.25, -0.2) is 4.79 Å². The van der Waals surface area contributed by atoms with Gasteiger partial charge in [-0.2, -0.15) is 0 Å². The summed E-state index contributed by atoms with van der Waals surface area (Å²) in [6.45, 7) is 2.35. The van der Waals surface area contributed by atoms with E-state index in [-0.39, 0.29) is 17.9 Å². The lowest BCUT2D eigenvalue weighted by molar-refractivity contribution is -0.129. The summed E-state index contributed by atoms with van der Waals surface area (Å²) in [4.78, 5) is 24.5. The van der Waals surface area contributed by atoms with E-state index in [2.05, 4.69) is 0 Å². The third-order valence-corrected chi connectivity index (χ3v) is 3.36. The second-order valence-electron chi connectivity index (χ2n) is 4.93. The molecule has 1 amide bonds. The van der Waals surface area contributed by atoms with E-state index in [1.807, 2.05) is 13.0 Å². The largest absolute Gasteiger partial charge is 0.478 e. The highest BCUT2D eigenvalue weighted by atomic mass is 16.4. The number of hydrogen-bond donors (Lipinski definition) is 1. The second kappa shape index (κ2) is 6.26. The highest BCUT2D eigenvalue weighted by Crippen LogP contribution is 2.12. The van der Waals surface area contributed by atoms with E-state index in [1.165, 1.54) is 12.1 Å². The molecular formula is C16H17NO4. The van der Waals surface area contributed by atoms with E-state index >= 15 is 0 Å². The fourth-order valence-corrected chi connectivity index (χ4v) is 1.99. The van der Waals surface area contributed by atoms with Gasteiger partial charge in [-0.3, -0.25) is 4.79 Å². The molecule has 0 atom stereocenters. The van der Waals surface area contributed by atoms with Crippen LogP contribution < -0.4 is 0 Å². The normalized spacial score (nSPS) is 10.4. The number of benzene rings is 1. The SMILES string of the molecule is Cc1occc1CN(C)C(=O)Cc1ccc(C(=O)O)cc1. The van der Waals surface area contributed by atoms with Gasteiger partial charge in [-0.05, 0) is 30.7 Å². The molecule has 0 fully saturated rings. The Bertz CT molecular complexity index is 643. The van der Waals surface area contributed by atoms with Crippen molar-refractivity contribution in [3.8, 4) is 0 Å². The Labute approximate surface area is 122 Å². The molecule has 1 aromatic carbocycles. The van der Waals surface area contributed by atoms with Crippen molar-refractivity contribution in [2.24, 2.45) is 0 Å². The molecule has 21 heavy (non-hydrogen) atoms. The number of carbonyl (C=O) groups is 2. The summed E-state index contributed by atoms with van der Waals surface area (Å²) >= 11 is 0. The average molecular weight is 287 g/mol. The highest BCUT2D eigenvalue weighted by molar-refractivity contribution is 5.87. The van der Waals surface area contributed by atoms with Gasteiger partial charge in [0.15, 0.2) is 0 Å². The minimum absolute atomic E-state index is 0.0290. The number of rotatable bonds is 5. The van der Waals surface area contributed by atoms with Crippen molar-refractivity contribution in [2.45, 2.75) is 19.9 Å². The van der Waals surface area contributed by atoms with E-state index in [0.717, 1.165) is 16.9 Å². The molecular weight excluding hydrogens is 270 g/mol. The molecule has 2 aromatic rings. The van der Waals surface area contributed by atoms with Crippen LogP contribution in [0.3, 0.4) is 0 Å². The number of carboxylic acids is 1. The Balaban J connectivity index is 1.97. The molecule has 0 aliphatic carbocycles. The van der Waals surface area contributed by atoms with Crippen molar-refractivity contribution in [2.75, 3.05) is 7.05 Å². The van der Waals surface area contributed by atoms with Crippen molar-refractivity contribution in [1.29, 1.82) is 0 Å². The maximum absolute atomic E-state index is 12.1. The quantitative estimate of drug-likeness (QED) is 0.917. The van der Waals surface area contributed by atoms with Crippen LogP contribution in [-0.4, -0.2) is 28.9 Å². The molecule has 0 bridgehead atoms. The Kier molecular flexibility index (Phi) is 4.42. The van der Waals surface area contributed by atoms with Gasteiger partial charge in [0.25, 0.3) is 0 Å². The van der Waals surface area contributed by atoms with Crippen LogP contribution in [0.2, 0.25) is 0 Å². The van der Waals surface area contributed by atoms with Crippen LogP contribution in [0.25, 0.3) is 0 Å². The summed E-state index contributed by atoms with van der Waals surface area (Å²) in [5.74, 6) is -0.195. The maximum Gasteiger partial charge on any atom is 0.335 e. The van der Waals surface area contributed by atoms with Crippen molar-refractivity contribution < 1.29 is 19.1 Å². The Hall–Kier alpha value is -2.56. The number of aromatic carboxylic acids is 1. The Morgan fingerprint density at radius 2 is 1.86 bits per heavy atom. The van der Waals surface area contributed by atoms with Gasteiger partial charge in [0, 0.05) is 19.2 Å². The summed E-state index contributed by atoms with van der Waals surface area (Å²) in [7, 11) is 1.74. The molecule has 1 N–H and O–H groups in total. The lowest BCUT2D eigenvalue weighted by atomic mass is 10.1. The van der Waals surface area contributed by atoms with Gasteiger partial charge in [-0.1, -0.05) is 12.1 Å². The number of furan rings is 1. The monoisotopic (exact) mass is 287 g/mol. The number of likely N-dealkylation sites (N-methyl/N-ethyl adjacent to an activating group) is 1. The van der Waals surface area contributed by atoms with Gasteiger partial charge in [-0.15, -0.1) is 0 Å². The van der Waals surface area contributed by atoms with Crippen molar-refractivity contribution in [3.63, 3.8) is 0 Å². The first-order chi connectivity index (χ1) is 9.97. The summed E-state index contributed by atoms with van der Waals surface area (Å²) in [6, 6.07) is 8.19. The first-order valence-electron chi connectivity index (χ1n) is 6.56. The van der Waals surface area contributed by atoms with Gasteiger partial charge in [0.05, 0.1) is 18.2 Å². The van der Waals surface area contributed by atoms with Crippen LogP contribution in [0.4, 0.5) is 0 Å². The van der Waals surface area contributed by atoms with Crippen LogP contribution in [0.1, 0.15) is 27.2 Å². The standard InChI is InChI=1S/C16H17NO4/c1-11-14(7-8-21-11)10-17(2)15(18)9-12-3-5-13(6-4-12)16(19)20/h3-8H,9-10H2,1-2H3,(H,19,20). The van der Waals surface area contributed by atoms with Gasteiger partial charge in [0.2, 0.25) is 5.91 Å². The molecule has 0 aliphatic heterocycles. The minimum Gasteiger partial charge on any atom is -0.478 e. The smallest absolute Gasteiger partial charge is 0.335 e. The molecule has 5 nitrogen and oxygen atoms in total. The lowest BCUT2D eigenvalue weighted by Crippen LogP contribution is -2.27. The van der Waals surface area contributed by atoms with Crippen LogP contribution in [0.5, 0.6) is 0 Å². The fraction of sp³-hybridized carbons (Fsp3) is 0.250. The van der Waals surface area contributed by atoms with E-state index in [0.29, 0.717) is 6.54 Å². The predicted octanol–water partition coefficient (Wildman–Crippen LogP) is 2.49. The van der Waals surface area contributed by atoms with Crippen molar-refractivity contribution in [1.82, 2.24) is 4.90 Å². The Morgan fingerprint density at radius 1 is 1.19 bits per heavy atom. The molecule has 0 saturated carbocycles. The van der Waals surface area contributed by atoms with Crippen LogP contribution in [0.15, 0.2) is 41.0 Å². The van der Waals surface area contributed by atoms with E-state index < -0.39 is 5.97 Å². The van der Waals surface area contributed by atoms with Crippen molar-refractivity contribution in [3.05, 3.63) is 59.0 Å². The Morgan fingerprint density at radius 3 is 2.38 bits per heavy atom. The highest BCUT2D eigenvalue weighted by Gasteiger charge is 2.13. The second-order valence-corrected chi connectivity index (χ2v) is 4.93. The van der Waals surface area contributed by atoms with Crippen LogP contribution in [0, 0.1) is 6.92 Å². The number of aryl methyl sites for hydroxylation is 1. The zero-order chi connectivity index (χ0) is 15.4. The summed E-state index contributed by atoms with van der Waals surface area (Å²) in [5.41, 5.74) is 1.99. The van der Waals surface area contributed by atoms with Crippen molar-refractivity contribution >= 4 is 11.9 Å². The van der Waals surface area contributed by atoms with Gasteiger partial charge in [0.1, 0.15) is 5.76 Å². The molecule has 0 aliphatic rings. The number of carboxylic acid groups (broad SMARTS) is 1. The molecule has 2 rings (SSSR count). The number of nitrogens with zero attached hydrogens (tertiary/aromatic N) is 1. The zero-order valence-corrected chi connectivity index (χ0v) is 12.0. The topological polar surface area (TPSA) is 70.8 Å². The molecule has 0 unspecified atom stereocenters. The summed E-state index contributed by atoms with van der Waals surface area (Å²) in [6.07, 6.45) is 1.85. The van der Waals surface area contributed by atoms with Gasteiger partial charge >= 0.3 is 5.97 Å². The minimum atomic E-state index is -0.972. The average Bonchev–Trinajstić information content (AvgIpc) is 2.84. The molecule has 5 heteroatoms. The van der Waals surface area contributed by atoms with Crippen LogP contribution >= 0.6 is 0 Å². The first kappa shape index (κ1) is 14.8. The van der Waals surface area contributed by atoms with E-state index in [9.17, 15) is 9.59 Å². The number of hydrogen-bond acceptors (Lipinski definition) is 3. The molecule has 0 radical (unpaired) electrons. The molecule has 110 valence electrons. The fourth-order valence-electron chi connectivity index (χ4n) is 1.99. The molecule has 0 spiro atoms. The zero-order valence-electron chi connectivity index (χ0n) is 12.0. The lowest BCUT2D eigenvalue weighted by Gasteiger charge is -2.16. The van der Waals surface area contributed by atoms with E-state index in [4.69, 9.17) is 9.52 Å². The first-order valence-corrected chi connectivity index (χ1v) is 6.56. The van der Waals surface area contributed by atoms with Crippen LogP contribution in [-0.2, 0) is 17.8 Å². The molecule has 1 heterocycles. The maximum atomic E-state index is 12.1. The van der Waals surface area contributed by atoms with E-state index in [1.54, 1.807) is 30.3 Å². The number of carbonyl (C=O) groups excluding carboxylic acids is 1. The third-order valence-electron chi connectivity index (χ3n) is 3.36. The number of amides is 1. The molecule has 1 aromatic heterocycles. The molecule has 0 saturated heterocycles. The predicted molar refractivity (Wildman–Crippen MR) is 77.0 cm³/mol. The summed E-state index contributed by atoms with van der Waals surface area (Å²) < 4.78 is 5.21. The van der Waals surface area contributed by atoms with Gasteiger partial charge < -0.3 is 14.4 Å².